The van der Waals surface area contributed by atoms with Crippen molar-refractivity contribution < 1.29 is 4.74 Å². The smallest absolute Gasteiger partial charge is 0.0855 e. The minimum absolute atomic E-state index is 0.293. The van der Waals surface area contributed by atoms with Crippen molar-refractivity contribution in [3.05, 3.63) is 18.0 Å². The van der Waals surface area contributed by atoms with Gasteiger partial charge < -0.3 is 15.0 Å². The average molecular weight is 252 g/mol. The minimum Gasteiger partial charge on any atom is -0.374 e. The Morgan fingerprint density at radius 1 is 1.56 bits per heavy atom. The summed E-state index contributed by atoms with van der Waals surface area (Å²) < 4.78 is 7.82. The predicted octanol–water partition coefficient (Wildman–Crippen LogP) is 0.271. The predicted molar refractivity (Wildman–Crippen MR) is 71.6 cm³/mol. The van der Waals surface area contributed by atoms with E-state index in [-0.39, 0.29) is 0 Å². The van der Waals surface area contributed by atoms with Crippen molar-refractivity contribution in [1.82, 2.24) is 20.0 Å². The first-order valence-electron chi connectivity index (χ1n) is 6.65. The molecule has 2 unspecified atom stereocenters. The van der Waals surface area contributed by atoms with Crippen molar-refractivity contribution in [3.8, 4) is 0 Å². The van der Waals surface area contributed by atoms with Gasteiger partial charge in [-0.15, -0.1) is 0 Å². The third-order valence-corrected chi connectivity index (χ3v) is 3.75. The number of rotatable bonds is 5. The lowest BCUT2D eigenvalue weighted by Gasteiger charge is -2.35. The molecule has 1 aromatic rings. The summed E-state index contributed by atoms with van der Waals surface area (Å²) in [5, 5.41) is 7.59. The van der Waals surface area contributed by atoms with Crippen molar-refractivity contribution in [2.75, 3.05) is 33.8 Å². The van der Waals surface area contributed by atoms with Crippen LogP contribution < -0.4 is 5.32 Å². The summed E-state index contributed by atoms with van der Waals surface area (Å²) in [6, 6.07) is 2.49. The quantitative estimate of drug-likeness (QED) is 0.817. The van der Waals surface area contributed by atoms with Crippen molar-refractivity contribution in [2.24, 2.45) is 7.05 Å². The fraction of sp³-hybridized carbons (Fsp3) is 0.769. The number of aryl methyl sites for hydroxylation is 2. The van der Waals surface area contributed by atoms with E-state index in [0.29, 0.717) is 12.1 Å². The van der Waals surface area contributed by atoms with Crippen LogP contribution in [0.5, 0.6) is 0 Å². The van der Waals surface area contributed by atoms with E-state index in [4.69, 9.17) is 4.74 Å². The maximum Gasteiger partial charge on any atom is 0.0855 e. The molecule has 1 aromatic heterocycles. The van der Waals surface area contributed by atoms with Gasteiger partial charge in [0.15, 0.2) is 0 Å². The monoisotopic (exact) mass is 252 g/mol. The number of hydrogen-bond donors (Lipinski definition) is 1. The Kier molecular flexibility index (Phi) is 4.74. The van der Waals surface area contributed by atoms with Gasteiger partial charge in [-0.3, -0.25) is 4.68 Å². The van der Waals surface area contributed by atoms with Gasteiger partial charge in [0.2, 0.25) is 0 Å². The lowest BCUT2D eigenvalue weighted by atomic mass is 10.0. The van der Waals surface area contributed by atoms with Crippen LogP contribution >= 0.6 is 0 Å². The van der Waals surface area contributed by atoms with Gasteiger partial charge in [0.1, 0.15) is 0 Å². The standard InChI is InChI=1S/C13H24N4O/c1-14-12(13-10-16(2)8-9-18-13)5-4-11-6-7-15-17(11)3/h6-7,12-14H,4-5,8-10H2,1-3H3. The van der Waals surface area contributed by atoms with Crippen LogP contribution in [0.4, 0.5) is 0 Å². The first kappa shape index (κ1) is 13.5. The summed E-state index contributed by atoms with van der Waals surface area (Å²) in [6.07, 6.45) is 4.26. The number of nitrogens with one attached hydrogen (secondary N) is 1. The Balaban J connectivity index is 1.87. The first-order valence-corrected chi connectivity index (χ1v) is 6.65. The second-order valence-electron chi connectivity index (χ2n) is 5.05. The molecule has 18 heavy (non-hydrogen) atoms. The Hall–Kier alpha value is -0.910. The molecule has 0 amide bonds. The van der Waals surface area contributed by atoms with Crippen LogP contribution in [-0.2, 0) is 18.2 Å². The molecule has 2 atom stereocenters. The van der Waals surface area contributed by atoms with Gasteiger partial charge >= 0.3 is 0 Å². The molecule has 0 saturated carbocycles. The zero-order valence-electron chi connectivity index (χ0n) is 11.6. The van der Waals surface area contributed by atoms with Gasteiger partial charge in [-0.25, -0.2) is 0 Å². The molecule has 5 nitrogen and oxygen atoms in total. The molecule has 2 heterocycles. The molecular weight excluding hydrogens is 228 g/mol. The maximum absolute atomic E-state index is 5.87. The van der Waals surface area contributed by atoms with Crippen molar-refractivity contribution in [2.45, 2.75) is 25.0 Å². The molecule has 102 valence electrons. The van der Waals surface area contributed by atoms with E-state index in [0.717, 1.165) is 32.5 Å². The van der Waals surface area contributed by atoms with Gasteiger partial charge in [0.05, 0.1) is 12.7 Å². The molecule has 0 aliphatic carbocycles. The molecule has 2 rings (SSSR count). The highest BCUT2D eigenvalue weighted by atomic mass is 16.5. The fourth-order valence-electron chi connectivity index (χ4n) is 2.52. The summed E-state index contributed by atoms with van der Waals surface area (Å²) in [5.41, 5.74) is 1.28. The molecular formula is C13H24N4O. The third kappa shape index (κ3) is 3.31. The van der Waals surface area contributed by atoms with E-state index < -0.39 is 0 Å². The average Bonchev–Trinajstić information content (AvgIpc) is 2.76. The number of nitrogens with zero attached hydrogens (tertiary/aromatic N) is 3. The Bertz CT molecular complexity index is 366. The van der Waals surface area contributed by atoms with Crippen LogP contribution in [0.25, 0.3) is 0 Å². The summed E-state index contributed by atoms with van der Waals surface area (Å²) in [5.74, 6) is 0. The van der Waals surface area contributed by atoms with Crippen LogP contribution in [0, 0.1) is 0 Å². The molecule has 0 bridgehead atoms. The maximum atomic E-state index is 5.87. The first-order chi connectivity index (χ1) is 8.70. The summed E-state index contributed by atoms with van der Waals surface area (Å²) in [6.45, 7) is 2.89. The zero-order chi connectivity index (χ0) is 13.0. The van der Waals surface area contributed by atoms with E-state index in [2.05, 4.69) is 28.4 Å². The van der Waals surface area contributed by atoms with Gasteiger partial charge in [-0.2, -0.15) is 5.10 Å². The molecule has 5 heteroatoms. The van der Waals surface area contributed by atoms with Gasteiger partial charge in [0.25, 0.3) is 0 Å². The molecule has 1 saturated heterocycles. The highest BCUT2D eigenvalue weighted by molar-refractivity contribution is 5.01. The number of morpholine rings is 1. The van der Waals surface area contributed by atoms with Crippen LogP contribution in [0.3, 0.4) is 0 Å². The largest absolute Gasteiger partial charge is 0.374 e. The van der Waals surface area contributed by atoms with Gasteiger partial charge in [-0.1, -0.05) is 0 Å². The Morgan fingerprint density at radius 3 is 3.00 bits per heavy atom. The van der Waals surface area contributed by atoms with Crippen molar-refractivity contribution in [1.29, 1.82) is 0 Å². The van der Waals surface area contributed by atoms with Crippen LogP contribution in [0.15, 0.2) is 12.3 Å². The second kappa shape index (κ2) is 6.31. The second-order valence-corrected chi connectivity index (χ2v) is 5.05. The van der Waals surface area contributed by atoms with E-state index in [1.165, 1.54) is 5.69 Å². The number of hydrogen-bond acceptors (Lipinski definition) is 4. The summed E-state index contributed by atoms with van der Waals surface area (Å²) in [4.78, 5) is 2.34. The van der Waals surface area contributed by atoms with Gasteiger partial charge in [-0.05, 0) is 33.0 Å². The zero-order valence-corrected chi connectivity index (χ0v) is 11.6. The molecule has 0 radical (unpaired) electrons. The van der Waals surface area contributed by atoms with Crippen LogP contribution in [0.1, 0.15) is 12.1 Å². The highest BCUT2D eigenvalue weighted by Gasteiger charge is 2.25. The fourth-order valence-corrected chi connectivity index (χ4v) is 2.52. The minimum atomic E-state index is 0.293. The van der Waals surface area contributed by atoms with E-state index >= 15 is 0 Å². The van der Waals surface area contributed by atoms with Crippen molar-refractivity contribution >= 4 is 0 Å². The Labute approximate surface area is 109 Å². The van der Waals surface area contributed by atoms with Crippen molar-refractivity contribution in [3.63, 3.8) is 0 Å². The SMILES string of the molecule is CNC(CCc1ccnn1C)C1CN(C)CCO1. The van der Waals surface area contributed by atoms with E-state index in [1.54, 1.807) is 0 Å². The van der Waals surface area contributed by atoms with E-state index in [1.807, 2.05) is 25.0 Å². The lowest BCUT2D eigenvalue weighted by Crippen LogP contribution is -2.50. The summed E-state index contributed by atoms with van der Waals surface area (Å²) >= 11 is 0. The molecule has 1 aliphatic heterocycles. The molecule has 0 spiro atoms. The number of aromatic nitrogens is 2. The topological polar surface area (TPSA) is 42.3 Å². The molecule has 1 fully saturated rings. The van der Waals surface area contributed by atoms with Gasteiger partial charge in [0, 0.05) is 38.1 Å². The summed E-state index contributed by atoms with van der Waals surface area (Å²) in [7, 11) is 6.17. The molecule has 1 N–H and O–H groups in total. The highest BCUT2D eigenvalue weighted by Crippen LogP contribution is 2.13. The van der Waals surface area contributed by atoms with E-state index in [9.17, 15) is 0 Å². The number of ether oxygens (including phenoxy) is 1. The van der Waals surface area contributed by atoms with Crippen LogP contribution in [-0.4, -0.2) is 60.6 Å². The third-order valence-electron chi connectivity index (χ3n) is 3.75. The normalized spacial score (nSPS) is 23.2. The lowest BCUT2D eigenvalue weighted by molar-refractivity contribution is -0.0386. The Morgan fingerprint density at radius 2 is 2.39 bits per heavy atom. The molecule has 0 aromatic carbocycles. The molecule has 1 aliphatic rings. The van der Waals surface area contributed by atoms with Crippen LogP contribution in [0.2, 0.25) is 0 Å². The number of likely N-dealkylation sites (N-methyl/N-ethyl adjacent to an activating group) is 2.